The molecule has 0 saturated carbocycles. The van der Waals surface area contributed by atoms with Gasteiger partial charge in [0.2, 0.25) is 10.0 Å². The Hall–Kier alpha value is -0.650. The molecule has 0 atom stereocenters. The van der Waals surface area contributed by atoms with Crippen LogP contribution >= 0.6 is 11.6 Å². The first kappa shape index (κ1) is 16.7. The molecular weight excluding hydrogens is 313 g/mol. The maximum atomic E-state index is 13.4. The predicted octanol–water partition coefficient (Wildman–Crippen LogP) is 3.77. The Balaban J connectivity index is 2.21. The van der Waals surface area contributed by atoms with E-state index in [9.17, 15) is 12.8 Å². The Morgan fingerprint density at radius 3 is 2.57 bits per heavy atom. The van der Waals surface area contributed by atoms with E-state index in [1.807, 2.05) is 0 Å². The highest BCUT2D eigenvalue weighted by Crippen LogP contribution is 2.28. The van der Waals surface area contributed by atoms with Crippen molar-refractivity contribution in [3.05, 3.63) is 29.6 Å². The minimum Gasteiger partial charge on any atom is -0.207 e. The lowest BCUT2D eigenvalue weighted by molar-refractivity contribution is 0.262. The van der Waals surface area contributed by atoms with E-state index in [4.69, 9.17) is 11.6 Å². The lowest BCUT2D eigenvalue weighted by Gasteiger charge is -2.31. The Kier molecular flexibility index (Phi) is 5.63. The largest absolute Gasteiger partial charge is 0.243 e. The maximum Gasteiger partial charge on any atom is 0.243 e. The van der Waals surface area contributed by atoms with Gasteiger partial charge in [-0.25, -0.2) is 12.8 Å². The maximum absolute atomic E-state index is 13.4. The summed E-state index contributed by atoms with van der Waals surface area (Å²) in [6.07, 6.45) is 4.01. The standard InChI is InChI=1S/C15H21ClFNO2S/c1-2-3-12-6-8-18(9-7-12)21(19,20)15-10-14(17)5-4-13(15)11-16/h4-5,10,12H,2-3,6-9,11H2,1H3. The number of hydrogen-bond donors (Lipinski definition) is 0. The lowest BCUT2D eigenvalue weighted by Crippen LogP contribution is -2.38. The Morgan fingerprint density at radius 2 is 2.00 bits per heavy atom. The molecule has 21 heavy (non-hydrogen) atoms. The fourth-order valence-corrected chi connectivity index (χ4v) is 4.88. The van der Waals surface area contributed by atoms with Gasteiger partial charge in [-0.05, 0) is 36.5 Å². The zero-order valence-electron chi connectivity index (χ0n) is 12.2. The zero-order chi connectivity index (χ0) is 15.5. The van der Waals surface area contributed by atoms with E-state index >= 15 is 0 Å². The van der Waals surface area contributed by atoms with Crippen LogP contribution in [0.2, 0.25) is 0 Å². The summed E-state index contributed by atoms with van der Waals surface area (Å²) in [5.74, 6) is 0.103. The van der Waals surface area contributed by atoms with Crippen LogP contribution in [-0.2, 0) is 15.9 Å². The first-order chi connectivity index (χ1) is 9.98. The minimum atomic E-state index is -3.66. The SMILES string of the molecule is CCCC1CCN(S(=O)(=O)c2cc(F)ccc2CCl)CC1. The third-order valence-electron chi connectivity index (χ3n) is 4.06. The first-order valence-corrected chi connectivity index (χ1v) is 9.31. The van der Waals surface area contributed by atoms with Crippen LogP contribution in [0, 0.1) is 11.7 Å². The minimum absolute atomic E-state index is 0.00596. The number of hydrogen-bond acceptors (Lipinski definition) is 2. The van der Waals surface area contributed by atoms with Crippen molar-refractivity contribution < 1.29 is 12.8 Å². The molecule has 1 fully saturated rings. The van der Waals surface area contributed by atoms with Gasteiger partial charge >= 0.3 is 0 Å². The van der Waals surface area contributed by atoms with Crippen LogP contribution in [0.1, 0.15) is 38.2 Å². The number of nitrogens with zero attached hydrogens (tertiary/aromatic N) is 1. The van der Waals surface area contributed by atoms with Crippen LogP contribution in [0.4, 0.5) is 4.39 Å². The van der Waals surface area contributed by atoms with Gasteiger partial charge in [-0.15, -0.1) is 11.6 Å². The van der Waals surface area contributed by atoms with Gasteiger partial charge in [0.05, 0.1) is 4.90 Å². The van der Waals surface area contributed by atoms with Crippen molar-refractivity contribution in [2.45, 2.75) is 43.4 Å². The summed E-state index contributed by atoms with van der Waals surface area (Å²) in [6, 6.07) is 3.76. The van der Waals surface area contributed by atoms with Gasteiger partial charge in [-0.1, -0.05) is 25.8 Å². The molecule has 0 aromatic heterocycles. The topological polar surface area (TPSA) is 37.4 Å². The molecular formula is C15H21ClFNO2S. The molecule has 0 N–H and O–H groups in total. The summed E-state index contributed by atoms with van der Waals surface area (Å²) in [5.41, 5.74) is 0.453. The molecule has 1 aromatic rings. The second-order valence-corrected chi connectivity index (χ2v) is 7.70. The quantitative estimate of drug-likeness (QED) is 0.769. The fourth-order valence-electron chi connectivity index (χ4n) is 2.86. The summed E-state index contributed by atoms with van der Waals surface area (Å²) in [7, 11) is -3.66. The number of piperidine rings is 1. The Labute approximate surface area is 131 Å². The third-order valence-corrected chi connectivity index (χ3v) is 6.33. The highest BCUT2D eigenvalue weighted by molar-refractivity contribution is 7.89. The number of rotatable bonds is 5. The first-order valence-electron chi connectivity index (χ1n) is 7.33. The van der Waals surface area contributed by atoms with Crippen molar-refractivity contribution in [3.8, 4) is 0 Å². The van der Waals surface area contributed by atoms with Crippen LogP contribution < -0.4 is 0 Å². The van der Waals surface area contributed by atoms with E-state index in [1.54, 1.807) is 0 Å². The van der Waals surface area contributed by atoms with E-state index in [-0.39, 0.29) is 10.8 Å². The van der Waals surface area contributed by atoms with Gasteiger partial charge in [-0.2, -0.15) is 4.31 Å². The average molecular weight is 334 g/mol. The van der Waals surface area contributed by atoms with E-state index in [0.29, 0.717) is 24.6 Å². The molecule has 0 amide bonds. The molecule has 1 aliphatic heterocycles. The molecule has 2 rings (SSSR count). The van der Waals surface area contributed by atoms with E-state index < -0.39 is 15.8 Å². The fraction of sp³-hybridized carbons (Fsp3) is 0.600. The summed E-state index contributed by atoms with van der Waals surface area (Å²) in [6.45, 7) is 3.15. The van der Waals surface area contributed by atoms with Gasteiger partial charge in [0.25, 0.3) is 0 Å². The van der Waals surface area contributed by atoms with E-state index in [0.717, 1.165) is 31.7 Å². The summed E-state index contributed by atoms with van der Waals surface area (Å²) < 4.78 is 40.2. The zero-order valence-corrected chi connectivity index (χ0v) is 13.8. The van der Waals surface area contributed by atoms with Crippen molar-refractivity contribution in [2.24, 2.45) is 5.92 Å². The summed E-state index contributed by atoms with van der Waals surface area (Å²) >= 11 is 5.79. The molecule has 118 valence electrons. The highest BCUT2D eigenvalue weighted by atomic mass is 35.5. The van der Waals surface area contributed by atoms with Crippen molar-refractivity contribution in [1.29, 1.82) is 0 Å². The molecule has 3 nitrogen and oxygen atoms in total. The summed E-state index contributed by atoms with van der Waals surface area (Å²) in [5, 5.41) is 0. The van der Waals surface area contributed by atoms with Crippen LogP contribution in [-0.4, -0.2) is 25.8 Å². The molecule has 1 saturated heterocycles. The molecule has 1 aromatic carbocycles. The highest BCUT2D eigenvalue weighted by Gasteiger charge is 2.30. The van der Waals surface area contributed by atoms with Gasteiger partial charge < -0.3 is 0 Å². The van der Waals surface area contributed by atoms with Crippen molar-refractivity contribution in [1.82, 2.24) is 4.31 Å². The molecule has 0 spiro atoms. The van der Waals surface area contributed by atoms with Crippen molar-refractivity contribution in [2.75, 3.05) is 13.1 Å². The van der Waals surface area contributed by atoms with Crippen molar-refractivity contribution in [3.63, 3.8) is 0 Å². The van der Waals surface area contributed by atoms with Gasteiger partial charge in [0, 0.05) is 19.0 Å². The van der Waals surface area contributed by atoms with Crippen LogP contribution in [0.25, 0.3) is 0 Å². The Bertz CT molecular complexity index is 583. The Morgan fingerprint density at radius 1 is 1.33 bits per heavy atom. The number of sulfonamides is 1. The second-order valence-electron chi connectivity index (χ2n) is 5.52. The normalized spacial score (nSPS) is 18.0. The van der Waals surface area contributed by atoms with E-state index in [1.165, 1.54) is 16.4 Å². The predicted molar refractivity (Wildman–Crippen MR) is 82.3 cm³/mol. The molecule has 1 aliphatic rings. The van der Waals surface area contributed by atoms with E-state index in [2.05, 4.69) is 6.92 Å². The van der Waals surface area contributed by atoms with Crippen molar-refractivity contribution >= 4 is 21.6 Å². The average Bonchev–Trinajstić information content (AvgIpc) is 2.48. The second kappa shape index (κ2) is 7.07. The molecule has 0 aliphatic carbocycles. The molecule has 0 unspecified atom stereocenters. The third kappa shape index (κ3) is 3.76. The molecule has 1 heterocycles. The van der Waals surface area contributed by atoms with Crippen LogP contribution in [0.5, 0.6) is 0 Å². The van der Waals surface area contributed by atoms with Crippen LogP contribution in [0.15, 0.2) is 23.1 Å². The number of alkyl halides is 1. The van der Waals surface area contributed by atoms with Gasteiger partial charge in [0.1, 0.15) is 5.82 Å². The van der Waals surface area contributed by atoms with Gasteiger partial charge in [-0.3, -0.25) is 0 Å². The smallest absolute Gasteiger partial charge is 0.207 e. The molecule has 0 bridgehead atoms. The van der Waals surface area contributed by atoms with Gasteiger partial charge in [0.15, 0.2) is 0 Å². The molecule has 0 radical (unpaired) electrons. The number of benzene rings is 1. The monoisotopic (exact) mass is 333 g/mol. The lowest BCUT2D eigenvalue weighted by atomic mass is 9.94. The molecule has 6 heteroatoms. The van der Waals surface area contributed by atoms with Crippen LogP contribution in [0.3, 0.4) is 0 Å². The summed E-state index contributed by atoms with van der Waals surface area (Å²) in [4.78, 5) is 0.00596. The number of halogens is 2.